The second kappa shape index (κ2) is 10.1. The smallest absolute Gasteiger partial charge is 0.212 e. The summed E-state index contributed by atoms with van der Waals surface area (Å²) >= 11 is 0. The lowest BCUT2D eigenvalue weighted by molar-refractivity contribution is -0.759. The highest BCUT2D eigenvalue weighted by atomic mass is 16.7. The van der Waals surface area contributed by atoms with Crippen LogP contribution in [0.1, 0.15) is 0 Å². The molecule has 0 aliphatic carbocycles. The summed E-state index contributed by atoms with van der Waals surface area (Å²) in [6, 6.07) is 0. The first kappa shape index (κ1) is 24.2. The molecule has 1 saturated heterocycles. The Labute approximate surface area is 168 Å². The van der Waals surface area contributed by atoms with Crippen molar-refractivity contribution in [3.05, 3.63) is 60.7 Å². The average Bonchev–Trinajstić information content (AvgIpc) is 2.65. The minimum Gasteiger partial charge on any atom is -0.235 e. The molecular weight excluding hydrogens is 444 g/mol. The van der Waals surface area contributed by atoms with E-state index in [0.717, 1.165) is 0 Å². The van der Waals surface area contributed by atoms with Crippen LogP contribution in [0.15, 0.2) is 0 Å². The Morgan fingerprint density at radius 2 is 0.516 bits per heavy atom. The first-order valence-electron chi connectivity index (χ1n) is 7.69. The predicted octanol–water partition coefficient (Wildman–Crippen LogP) is -3.25. The van der Waals surface area contributed by atoms with E-state index in [1.807, 2.05) is 0 Å². The van der Waals surface area contributed by atoms with E-state index in [1.165, 1.54) is 0 Å². The third-order valence-electron chi connectivity index (χ3n) is 3.63. The topological polar surface area (TPSA) is 278 Å². The highest BCUT2D eigenvalue weighted by Crippen LogP contribution is 2.07. The summed E-state index contributed by atoms with van der Waals surface area (Å²) in [4.78, 5) is 67.0. The van der Waals surface area contributed by atoms with Crippen LogP contribution < -0.4 is 0 Å². The average molecular weight is 458 g/mol. The monoisotopic (exact) mass is 458 g/mol. The summed E-state index contributed by atoms with van der Waals surface area (Å²) in [5, 5.41) is 59.6. The summed E-state index contributed by atoms with van der Waals surface area (Å²) in [7, 11) is 0. The molecule has 0 saturated carbocycles. The molecule has 0 aromatic carbocycles. The van der Waals surface area contributed by atoms with Crippen LogP contribution in [0, 0.1) is 60.7 Å². The van der Waals surface area contributed by atoms with Crippen LogP contribution in [0.4, 0.5) is 0 Å². The van der Waals surface area contributed by atoms with Crippen molar-refractivity contribution >= 4 is 0 Å². The zero-order chi connectivity index (χ0) is 23.9. The molecule has 1 heterocycles. The van der Waals surface area contributed by atoms with Gasteiger partial charge in [-0.15, -0.1) is 10.0 Å². The molecule has 0 N–H and O–H groups in total. The molecule has 0 spiro atoms. The van der Waals surface area contributed by atoms with Gasteiger partial charge >= 0.3 is 0 Å². The van der Waals surface area contributed by atoms with Gasteiger partial charge in [-0.2, -0.15) is 0 Å². The molecule has 1 fully saturated rings. The number of rotatable bonds is 6. The van der Waals surface area contributed by atoms with Gasteiger partial charge < -0.3 is 0 Å². The van der Waals surface area contributed by atoms with Crippen LogP contribution in [0.3, 0.4) is 0 Å². The molecule has 0 atom stereocenters. The van der Waals surface area contributed by atoms with Crippen LogP contribution in [-0.2, 0) is 0 Å². The lowest BCUT2D eigenvalue weighted by Gasteiger charge is -2.23. The van der Waals surface area contributed by atoms with Crippen molar-refractivity contribution in [2.45, 2.75) is 0 Å². The molecule has 1 aliphatic heterocycles. The van der Waals surface area contributed by atoms with Gasteiger partial charge in [0.25, 0.3) is 0 Å². The van der Waals surface area contributed by atoms with Crippen molar-refractivity contribution in [2.75, 3.05) is 46.4 Å². The fourth-order valence-corrected chi connectivity index (χ4v) is 2.17. The molecular formula is C7H14N12O12. The number of nitro groups is 6. The van der Waals surface area contributed by atoms with Crippen molar-refractivity contribution in [3.63, 3.8) is 0 Å². The van der Waals surface area contributed by atoms with Crippen molar-refractivity contribution in [3.8, 4) is 0 Å². The first-order valence-corrected chi connectivity index (χ1v) is 7.69. The van der Waals surface area contributed by atoms with Crippen molar-refractivity contribution in [1.82, 2.24) is 30.1 Å². The lowest BCUT2D eigenvalue weighted by Crippen LogP contribution is -2.54. The number of hydrogen-bond acceptors (Lipinski definition) is 12. The highest BCUT2D eigenvalue weighted by Gasteiger charge is 2.38. The minimum absolute atomic E-state index is 0.0383. The second-order valence-electron chi connectivity index (χ2n) is 5.62. The number of hydrogen-bond donors (Lipinski definition) is 0. The van der Waals surface area contributed by atoms with Gasteiger partial charge in [0.2, 0.25) is 33.3 Å². The Kier molecular flexibility index (Phi) is 7.91. The van der Waals surface area contributed by atoms with E-state index in [-0.39, 0.29) is 30.1 Å². The molecule has 1 aliphatic rings. The zero-order valence-corrected chi connectivity index (χ0v) is 15.2. The summed E-state index contributed by atoms with van der Waals surface area (Å²) in [6.07, 6.45) is 0. The lowest BCUT2D eigenvalue weighted by atomic mass is 10.5. The standard InChI is InChI=1S/C7H14N12O12/c20-14(21)8-1-2-9(15(22)23)4-11(17(26)27)6-13(19(30)31)7-12(18(28)29)5-10(3-8)16(24)25/h1-7H2. The van der Waals surface area contributed by atoms with Gasteiger partial charge in [-0.1, -0.05) is 20.0 Å². The predicted molar refractivity (Wildman–Crippen MR) is 87.1 cm³/mol. The van der Waals surface area contributed by atoms with E-state index in [0.29, 0.717) is 0 Å². The van der Waals surface area contributed by atoms with Gasteiger partial charge in [-0.05, 0) is 0 Å². The van der Waals surface area contributed by atoms with Crippen LogP contribution in [-0.4, -0.2) is 107 Å². The Bertz CT molecular complexity index is 687. The van der Waals surface area contributed by atoms with Crippen LogP contribution >= 0.6 is 0 Å². The van der Waals surface area contributed by atoms with Crippen molar-refractivity contribution in [1.29, 1.82) is 0 Å². The van der Waals surface area contributed by atoms with Gasteiger partial charge in [0.15, 0.2) is 30.2 Å². The zero-order valence-electron chi connectivity index (χ0n) is 15.2. The van der Waals surface area contributed by atoms with Gasteiger partial charge in [-0.25, -0.2) is 60.7 Å². The van der Waals surface area contributed by atoms with E-state index < -0.39 is 76.6 Å². The summed E-state index contributed by atoms with van der Waals surface area (Å²) in [5.41, 5.74) is 0. The molecule has 0 unspecified atom stereocenters. The molecule has 24 nitrogen and oxygen atoms in total. The molecule has 0 bridgehead atoms. The second-order valence-corrected chi connectivity index (χ2v) is 5.62. The molecule has 31 heavy (non-hydrogen) atoms. The normalized spacial score (nSPS) is 16.6. The third kappa shape index (κ3) is 6.94. The number of hydrazine groups is 6. The summed E-state index contributed by atoms with van der Waals surface area (Å²) in [5.74, 6) is 0. The molecule has 1 rings (SSSR count). The number of nitrogens with zero attached hydrogens (tertiary/aromatic N) is 12. The Morgan fingerprint density at radius 1 is 0.355 bits per heavy atom. The van der Waals surface area contributed by atoms with Crippen molar-refractivity contribution in [2.24, 2.45) is 0 Å². The molecule has 0 amide bonds. The fraction of sp³-hybridized carbons (Fsp3) is 1.00. The quantitative estimate of drug-likeness (QED) is 0.279. The molecule has 24 heteroatoms. The Hall–Kier alpha value is -4.80. The van der Waals surface area contributed by atoms with E-state index in [9.17, 15) is 60.7 Å². The minimum atomic E-state index is -1.34. The molecule has 0 aromatic rings. The maximum Gasteiger partial charge on any atom is 0.212 e. The van der Waals surface area contributed by atoms with Gasteiger partial charge in [-0.3, -0.25) is 0 Å². The Balaban J connectivity index is 3.41. The third-order valence-corrected chi connectivity index (χ3v) is 3.63. The van der Waals surface area contributed by atoms with Crippen LogP contribution in [0.25, 0.3) is 0 Å². The molecule has 0 radical (unpaired) electrons. The summed E-state index contributed by atoms with van der Waals surface area (Å²) in [6.45, 7) is -8.06. The maximum atomic E-state index is 11.2. The maximum absolute atomic E-state index is 11.2. The van der Waals surface area contributed by atoms with Crippen molar-refractivity contribution < 1.29 is 30.2 Å². The largest absolute Gasteiger partial charge is 0.235 e. The van der Waals surface area contributed by atoms with E-state index in [2.05, 4.69) is 0 Å². The van der Waals surface area contributed by atoms with Crippen LogP contribution in [0.2, 0.25) is 0 Å². The summed E-state index contributed by atoms with van der Waals surface area (Å²) < 4.78 is 0. The van der Waals surface area contributed by atoms with Crippen LogP contribution in [0.5, 0.6) is 0 Å². The van der Waals surface area contributed by atoms with Gasteiger partial charge in [0.05, 0.1) is 0 Å². The molecule has 0 aromatic heterocycles. The SMILES string of the molecule is O=[N+]([O-])N1CCN([N+](=O)[O-])CN([N+](=O)[O-])CN([N+](=O)[O-])CN([N+](=O)[O-])CN([N+](=O)[O-])C1. The van der Waals surface area contributed by atoms with E-state index in [4.69, 9.17) is 0 Å². The molecule has 174 valence electrons. The highest BCUT2D eigenvalue weighted by molar-refractivity contribution is 4.53. The van der Waals surface area contributed by atoms with E-state index >= 15 is 0 Å². The first-order chi connectivity index (χ1) is 14.3. The van der Waals surface area contributed by atoms with E-state index in [1.54, 1.807) is 0 Å². The fourth-order valence-electron chi connectivity index (χ4n) is 2.17. The van der Waals surface area contributed by atoms with Gasteiger partial charge in [0, 0.05) is 0 Å². The Morgan fingerprint density at radius 3 is 0.677 bits per heavy atom. The van der Waals surface area contributed by atoms with Gasteiger partial charge in [0.1, 0.15) is 13.1 Å².